The van der Waals surface area contributed by atoms with Crippen LogP contribution < -0.4 is 10.0 Å². The van der Waals surface area contributed by atoms with Crippen molar-refractivity contribution < 1.29 is 18.0 Å². The number of carbonyl (C=O) groups excluding carboxylic acids is 2. The number of fused-ring (bicyclic) bond motifs is 1. The Morgan fingerprint density at radius 1 is 0.850 bits per heavy atom. The largest absolute Gasteiger partial charge is 0.354 e. The third-order valence-electron chi connectivity index (χ3n) is 6.91. The highest BCUT2D eigenvalue weighted by Gasteiger charge is 2.24. The Morgan fingerprint density at radius 3 is 2.25 bits per heavy atom. The minimum atomic E-state index is -3.74. The Kier molecular flexibility index (Phi) is 10.3. The van der Waals surface area contributed by atoms with Gasteiger partial charge in [-0.05, 0) is 48.9 Å². The van der Waals surface area contributed by atoms with E-state index in [9.17, 15) is 18.0 Å². The number of aromatic nitrogens is 1. The Morgan fingerprint density at radius 2 is 1.52 bits per heavy atom. The Labute approximate surface area is 236 Å². The van der Waals surface area contributed by atoms with Crippen LogP contribution in [0.3, 0.4) is 0 Å². The van der Waals surface area contributed by atoms with Crippen molar-refractivity contribution in [3.8, 4) is 11.3 Å². The van der Waals surface area contributed by atoms with Crippen LogP contribution in [-0.4, -0.2) is 37.7 Å². The minimum Gasteiger partial charge on any atom is -0.354 e. The number of nitrogens with one attached hydrogen (secondary N) is 3. The van der Waals surface area contributed by atoms with Gasteiger partial charge in [0.15, 0.2) is 0 Å². The van der Waals surface area contributed by atoms with E-state index in [4.69, 9.17) is 0 Å². The van der Waals surface area contributed by atoms with Gasteiger partial charge in [-0.2, -0.15) is 0 Å². The first kappa shape index (κ1) is 29.2. The number of hydrogen-bond acceptors (Lipinski definition) is 4. The molecule has 1 atom stereocenters. The van der Waals surface area contributed by atoms with E-state index in [1.807, 2.05) is 42.5 Å². The van der Waals surface area contributed by atoms with E-state index in [1.165, 1.54) is 0 Å². The van der Waals surface area contributed by atoms with Crippen molar-refractivity contribution >= 4 is 32.6 Å². The maximum Gasteiger partial charge on any atom is 0.238 e. The fraction of sp³-hybridized carbons (Fsp3) is 0.312. The van der Waals surface area contributed by atoms with E-state index in [0.717, 1.165) is 40.6 Å². The van der Waals surface area contributed by atoms with Gasteiger partial charge in [0.05, 0.1) is 5.75 Å². The highest BCUT2D eigenvalue weighted by Crippen LogP contribution is 2.30. The summed E-state index contributed by atoms with van der Waals surface area (Å²) in [4.78, 5) is 28.1. The zero-order valence-corrected chi connectivity index (χ0v) is 23.7. The number of hydrogen-bond donors (Lipinski definition) is 3. The smallest absolute Gasteiger partial charge is 0.238 e. The van der Waals surface area contributed by atoms with E-state index in [-0.39, 0.29) is 17.4 Å². The standard InChI is InChI=1S/C32H37N3O4S/c1-24(36)13-5-2-10-20-30(35-40(38,39)23-25-14-6-3-7-15-25)32(37)33-22-21-28-27-18-11-12-19-29(27)34-31(28)26-16-8-4-9-17-26/h3-4,6-9,11-12,14-19,30,34-35H,2,5,10,13,20-23H2,1H3,(H,33,37). The summed E-state index contributed by atoms with van der Waals surface area (Å²) in [5, 5.41) is 4.07. The lowest BCUT2D eigenvalue weighted by Gasteiger charge is -2.19. The van der Waals surface area contributed by atoms with Crippen LogP contribution in [0.5, 0.6) is 0 Å². The number of unbranched alkanes of at least 4 members (excludes halogenated alkanes) is 2. The Bertz CT molecular complexity index is 1520. The molecule has 4 rings (SSSR count). The van der Waals surface area contributed by atoms with E-state index >= 15 is 0 Å². The SMILES string of the molecule is CC(=O)CCCCCC(NS(=O)(=O)Cc1ccccc1)C(=O)NCCc1c(-c2ccccc2)[nH]c2ccccc12. The molecule has 1 heterocycles. The number of H-pyrrole nitrogens is 1. The number of amides is 1. The molecule has 0 aliphatic carbocycles. The second-order valence-corrected chi connectivity index (χ2v) is 11.9. The van der Waals surface area contributed by atoms with Gasteiger partial charge in [0, 0.05) is 29.6 Å². The molecule has 0 radical (unpaired) electrons. The highest BCUT2D eigenvalue weighted by molar-refractivity contribution is 7.88. The van der Waals surface area contributed by atoms with Gasteiger partial charge in [-0.1, -0.05) is 91.7 Å². The first-order chi connectivity index (χ1) is 19.3. The predicted molar refractivity (Wildman–Crippen MR) is 160 cm³/mol. The summed E-state index contributed by atoms with van der Waals surface area (Å²) in [7, 11) is -3.74. The van der Waals surface area contributed by atoms with E-state index in [2.05, 4.69) is 33.2 Å². The molecule has 0 saturated heterocycles. The molecule has 0 spiro atoms. The number of para-hydroxylation sites is 1. The van der Waals surface area contributed by atoms with E-state index in [0.29, 0.717) is 37.8 Å². The number of Topliss-reactive ketones (excluding diaryl/α,β-unsaturated/α-hetero) is 1. The fourth-order valence-corrected chi connectivity index (χ4v) is 6.31. The molecule has 1 amide bonds. The third kappa shape index (κ3) is 8.37. The van der Waals surface area contributed by atoms with Crippen LogP contribution in [0, 0.1) is 0 Å². The van der Waals surface area contributed by atoms with Crippen molar-refractivity contribution in [2.75, 3.05) is 6.54 Å². The number of ketones is 1. The molecule has 0 aliphatic heterocycles. The van der Waals surface area contributed by atoms with Gasteiger partial charge in [-0.3, -0.25) is 4.79 Å². The van der Waals surface area contributed by atoms with Crippen molar-refractivity contribution in [1.29, 1.82) is 0 Å². The quantitative estimate of drug-likeness (QED) is 0.167. The van der Waals surface area contributed by atoms with E-state index in [1.54, 1.807) is 31.2 Å². The molecule has 3 N–H and O–H groups in total. The van der Waals surface area contributed by atoms with Crippen molar-refractivity contribution in [2.24, 2.45) is 0 Å². The summed E-state index contributed by atoms with van der Waals surface area (Å²) >= 11 is 0. The Hall–Kier alpha value is -3.75. The van der Waals surface area contributed by atoms with Gasteiger partial charge >= 0.3 is 0 Å². The van der Waals surface area contributed by atoms with Crippen LogP contribution in [0.2, 0.25) is 0 Å². The number of aromatic amines is 1. The maximum absolute atomic E-state index is 13.3. The highest BCUT2D eigenvalue weighted by atomic mass is 32.2. The monoisotopic (exact) mass is 559 g/mol. The third-order valence-corrected chi connectivity index (χ3v) is 8.27. The van der Waals surface area contributed by atoms with Crippen LogP contribution in [0.25, 0.3) is 22.2 Å². The molecular weight excluding hydrogens is 522 g/mol. The van der Waals surface area contributed by atoms with Crippen molar-refractivity contribution in [2.45, 2.75) is 57.2 Å². The molecule has 40 heavy (non-hydrogen) atoms. The zero-order valence-electron chi connectivity index (χ0n) is 22.9. The molecule has 8 heteroatoms. The topological polar surface area (TPSA) is 108 Å². The van der Waals surface area contributed by atoms with Gasteiger partial charge in [0.2, 0.25) is 15.9 Å². The fourth-order valence-electron chi connectivity index (χ4n) is 4.94. The predicted octanol–water partition coefficient (Wildman–Crippen LogP) is 5.52. The first-order valence-electron chi connectivity index (χ1n) is 13.8. The van der Waals surface area contributed by atoms with Crippen molar-refractivity contribution in [3.05, 3.63) is 96.1 Å². The van der Waals surface area contributed by atoms with Crippen LogP contribution in [0.15, 0.2) is 84.9 Å². The van der Waals surface area contributed by atoms with Gasteiger partial charge in [0.25, 0.3) is 0 Å². The summed E-state index contributed by atoms with van der Waals surface area (Å²) in [6.07, 6.45) is 3.55. The van der Waals surface area contributed by atoms with Crippen LogP contribution in [0.1, 0.15) is 50.2 Å². The lowest BCUT2D eigenvalue weighted by molar-refractivity contribution is -0.123. The minimum absolute atomic E-state index is 0.130. The average Bonchev–Trinajstić information content (AvgIpc) is 3.31. The van der Waals surface area contributed by atoms with E-state index < -0.39 is 16.1 Å². The molecule has 4 aromatic rings. The summed E-state index contributed by atoms with van der Waals surface area (Å²) in [6.45, 7) is 1.92. The number of carbonyl (C=O) groups is 2. The molecule has 7 nitrogen and oxygen atoms in total. The Balaban J connectivity index is 1.44. The summed E-state index contributed by atoms with van der Waals surface area (Å²) in [5.74, 6) is -0.410. The lowest BCUT2D eigenvalue weighted by Crippen LogP contribution is -2.47. The second kappa shape index (κ2) is 14.1. The summed E-state index contributed by atoms with van der Waals surface area (Å²) in [6, 6.07) is 26.2. The number of rotatable bonds is 15. The molecule has 3 aromatic carbocycles. The molecule has 0 fully saturated rings. The van der Waals surface area contributed by atoms with Crippen LogP contribution >= 0.6 is 0 Å². The van der Waals surface area contributed by atoms with Gasteiger partial charge in [0.1, 0.15) is 11.8 Å². The first-order valence-corrected chi connectivity index (χ1v) is 15.4. The molecule has 0 bridgehead atoms. The van der Waals surface area contributed by atoms with Crippen LogP contribution in [-0.2, 0) is 31.8 Å². The van der Waals surface area contributed by atoms with Gasteiger partial charge in [-0.25, -0.2) is 13.1 Å². The molecule has 210 valence electrons. The van der Waals surface area contributed by atoms with Gasteiger partial charge < -0.3 is 15.1 Å². The number of sulfonamides is 1. The second-order valence-electron chi connectivity index (χ2n) is 10.1. The van der Waals surface area contributed by atoms with Crippen molar-refractivity contribution in [1.82, 2.24) is 15.0 Å². The molecule has 1 aromatic heterocycles. The summed E-state index contributed by atoms with van der Waals surface area (Å²) in [5.41, 5.74) is 4.87. The molecule has 1 unspecified atom stereocenters. The molecular formula is C32H37N3O4S. The number of benzene rings is 3. The zero-order chi connectivity index (χ0) is 28.4. The lowest BCUT2D eigenvalue weighted by atomic mass is 10.0. The maximum atomic E-state index is 13.3. The van der Waals surface area contributed by atoms with Crippen LogP contribution in [0.4, 0.5) is 0 Å². The average molecular weight is 560 g/mol. The molecule has 0 saturated carbocycles. The summed E-state index contributed by atoms with van der Waals surface area (Å²) < 4.78 is 28.6. The molecule has 0 aliphatic rings. The van der Waals surface area contributed by atoms with Crippen molar-refractivity contribution in [3.63, 3.8) is 0 Å². The van der Waals surface area contributed by atoms with Gasteiger partial charge in [-0.15, -0.1) is 0 Å². The normalized spacial score (nSPS) is 12.3.